The molecule has 5 nitrogen and oxygen atoms in total. The molecule has 0 saturated carbocycles. The third-order valence-corrected chi connectivity index (χ3v) is 2.53. The molecule has 0 unspecified atom stereocenters. The number of fused-ring (bicyclic) bond motifs is 1. The SMILES string of the molecule is COCc1ccn(-c2nc3ccccc3[nH]2)n1. The second-order valence-corrected chi connectivity index (χ2v) is 3.76. The van der Waals surface area contributed by atoms with Crippen molar-refractivity contribution >= 4 is 11.0 Å². The summed E-state index contributed by atoms with van der Waals surface area (Å²) >= 11 is 0. The molecule has 0 radical (unpaired) electrons. The zero-order valence-corrected chi connectivity index (χ0v) is 9.42. The minimum Gasteiger partial charge on any atom is -0.378 e. The van der Waals surface area contributed by atoms with E-state index in [1.807, 2.05) is 36.5 Å². The zero-order chi connectivity index (χ0) is 11.7. The van der Waals surface area contributed by atoms with E-state index < -0.39 is 0 Å². The molecule has 3 rings (SSSR count). The first-order valence-corrected chi connectivity index (χ1v) is 5.35. The van der Waals surface area contributed by atoms with Crippen LogP contribution < -0.4 is 0 Å². The van der Waals surface area contributed by atoms with Crippen LogP contribution in [0.15, 0.2) is 36.5 Å². The molecule has 0 atom stereocenters. The maximum Gasteiger partial charge on any atom is 0.229 e. The number of hydrogen-bond donors (Lipinski definition) is 1. The van der Waals surface area contributed by atoms with Crippen molar-refractivity contribution in [2.24, 2.45) is 0 Å². The number of nitrogens with zero attached hydrogens (tertiary/aromatic N) is 3. The van der Waals surface area contributed by atoms with Gasteiger partial charge in [0.15, 0.2) is 0 Å². The van der Waals surface area contributed by atoms with E-state index in [1.54, 1.807) is 11.8 Å². The second-order valence-electron chi connectivity index (χ2n) is 3.76. The van der Waals surface area contributed by atoms with E-state index in [0.717, 1.165) is 16.7 Å². The summed E-state index contributed by atoms with van der Waals surface area (Å²) in [5, 5.41) is 4.36. The summed E-state index contributed by atoms with van der Waals surface area (Å²) in [7, 11) is 1.65. The lowest BCUT2D eigenvalue weighted by Crippen LogP contribution is -1.98. The summed E-state index contributed by atoms with van der Waals surface area (Å²) in [6.45, 7) is 0.507. The Morgan fingerprint density at radius 2 is 2.18 bits per heavy atom. The minimum absolute atomic E-state index is 0.507. The molecule has 5 heteroatoms. The first-order chi connectivity index (χ1) is 8.36. The maximum absolute atomic E-state index is 5.03. The molecule has 0 aliphatic heterocycles. The fourth-order valence-electron chi connectivity index (χ4n) is 1.75. The number of nitrogens with one attached hydrogen (secondary N) is 1. The van der Waals surface area contributed by atoms with Gasteiger partial charge in [0.25, 0.3) is 0 Å². The van der Waals surface area contributed by atoms with Crippen molar-refractivity contribution in [2.45, 2.75) is 6.61 Å². The van der Waals surface area contributed by atoms with Gasteiger partial charge in [0.1, 0.15) is 0 Å². The molecular weight excluding hydrogens is 216 g/mol. The van der Waals surface area contributed by atoms with Gasteiger partial charge in [-0.05, 0) is 18.2 Å². The number of hydrogen-bond acceptors (Lipinski definition) is 3. The van der Waals surface area contributed by atoms with Crippen molar-refractivity contribution in [1.82, 2.24) is 19.7 Å². The highest BCUT2D eigenvalue weighted by Crippen LogP contribution is 2.13. The van der Waals surface area contributed by atoms with Crippen molar-refractivity contribution in [3.05, 3.63) is 42.2 Å². The highest BCUT2D eigenvalue weighted by Gasteiger charge is 2.05. The Kier molecular flexibility index (Phi) is 2.38. The summed E-state index contributed by atoms with van der Waals surface area (Å²) in [5.41, 5.74) is 2.82. The number of aromatic nitrogens is 4. The Hall–Kier alpha value is -2.14. The second kappa shape index (κ2) is 4.03. The molecule has 17 heavy (non-hydrogen) atoms. The molecule has 2 aromatic heterocycles. The van der Waals surface area contributed by atoms with Crippen LogP contribution in [0.5, 0.6) is 0 Å². The standard InChI is InChI=1S/C12H12N4O/c1-17-8-9-6-7-16(15-9)12-13-10-4-2-3-5-11(10)14-12/h2-7H,8H2,1H3,(H,13,14). The van der Waals surface area contributed by atoms with Gasteiger partial charge in [-0.1, -0.05) is 12.1 Å². The molecule has 2 heterocycles. The lowest BCUT2D eigenvalue weighted by Gasteiger charge is -1.94. The highest BCUT2D eigenvalue weighted by atomic mass is 16.5. The van der Waals surface area contributed by atoms with Gasteiger partial charge in [-0.3, -0.25) is 0 Å². The van der Waals surface area contributed by atoms with Crippen LogP contribution in [0.25, 0.3) is 17.0 Å². The molecule has 0 aliphatic rings. The van der Waals surface area contributed by atoms with Crippen molar-refractivity contribution in [2.75, 3.05) is 7.11 Å². The van der Waals surface area contributed by atoms with E-state index in [-0.39, 0.29) is 0 Å². The van der Waals surface area contributed by atoms with Crippen molar-refractivity contribution in [1.29, 1.82) is 0 Å². The normalized spacial score (nSPS) is 11.1. The third-order valence-electron chi connectivity index (χ3n) is 2.53. The molecule has 0 saturated heterocycles. The zero-order valence-electron chi connectivity index (χ0n) is 9.42. The number of para-hydroxylation sites is 2. The first-order valence-electron chi connectivity index (χ1n) is 5.35. The molecule has 86 valence electrons. The van der Waals surface area contributed by atoms with Gasteiger partial charge in [-0.2, -0.15) is 5.10 Å². The Labute approximate surface area is 98.0 Å². The predicted molar refractivity (Wildman–Crippen MR) is 63.9 cm³/mol. The smallest absolute Gasteiger partial charge is 0.229 e. The van der Waals surface area contributed by atoms with Gasteiger partial charge in [0.05, 0.1) is 23.3 Å². The monoisotopic (exact) mass is 228 g/mol. The molecule has 0 fully saturated rings. The van der Waals surface area contributed by atoms with Crippen LogP contribution in [0.2, 0.25) is 0 Å². The Balaban J connectivity index is 2.01. The number of imidazole rings is 1. The number of H-pyrrole nitrogens is 1. The lowest BCUT2D eigenvalue weighted by atomic mass is 10.3. The third kappa shape index (κ3) is 1.81. The van der Waals surface area contributed by atoms with Crippen LogP contribution in [0, 0.1) is 0 Å². The number of methoxy groups -OCH3 is 1. The Bertz CT molecular complexity index is 608. The van der Waals surface area contributed by atoms with E-state index in [1.165, 1.54) is 0 Å². The average Bonchev–Trinajstić information content (AvgIpc) is 2.94. The van der Waals surface area contributed by atoms with E-state index >= 15 is 0 Å². The van der Waals surface area contributed by atoms with E-state index in [4.69, 9.17) is 4.74 Å². The van der Waals surface area contributed by atoms with Crippen LogP contribution in [0.1, 0.15) is 5.69 Å². The molecule has 3 aromatic rings. The average molecular weight is 228 g/mol. The molecule has 1 aromatic carbocycles. The van der Waals surface area contributed by atoms with Crippen molar-refractivity contribution < 1.29 is 4.74 Å². The fourth-order valence-corrected chi connectivity index (χ4v) is 1.75. The van der Waals surface area contributed by atoms with Crippen LogP contribution >= 0.6 is 0 Å². The van der Waals surface area contributed by atoms with Gasteiger partial charge in [-0.15, -0.1) is 0 Å². The number of ether oxygens (including phenoxy) is 1. The van der Waals surface area contributed by atoms with E-state index in [9.17, 15) is 0 Å². The Morgan fingerprint density at radius 1 is 1.29 bits per heavy atom. The van der Waals surface area contributed by atoms with Gasteiger partial charge in [0, 0.05) is 13.3 Å². The number of aromatic amines is 1. The summed E-state index contributed by atoms with van der Waals surface area (Å²) < 4.78 is 6.75. The first kappa shape index (κ1) is 10.0. The molecule has 0 aliphatic carbocycles. The molecule has 0 spiro atoms. The molecule has 1 N–H and O–H groups in total. The molecule has 0 bridgehead atoms. The molecular formula is C12H12N4O. The topological polar surface area (TPSA) is 55.7 Å². The largest absolute Gasteiger partial charge is 0.378 e. The highest BCUT2D eigenvalue weighted by molar-refractivity contribution is 5.75. The summed E-state index contributed by atoms with van der Waals surface area (Å²) in [6.07, 6.45) is 1.87. The van der Waals surface area contributed by atoms with Crippen LogP contribution in [0.4, 0.5) is 0 Å². The predicted octanol–water partition coefficient (Wildman–Crippen LogP) is 1.89. The van der Waals surface area contributed by atoms with Gasteiger partial charge in [-0.25, -0.2) is 9.67 Å². The Morgan fingerprint density at radius 3 is 3.00 bits per heavy atom. The number of benzene rings is 1. The minimum atomic E-state index is 0.507. The van der Waals surface area contributed by atoms with Gasteiger partial charge in [0.2, 0.25) is 5.95 Å². The van der Waals surface area contributed by atoms with E-state index in [0.29, 0.717) is 12.6 Å². The number of rotatable bonds is 3. The maximum atomic E-state index is 5.03. The quantitative estimate of drug-likeness (QED) is 0.744. The van der Waals surface area contributed by atoms with Crippen molar-refractivity contribution in [3.8, 4) is 5.95 Å². The van der Waals surface area contributed by atoms with E-state index in [2.05, 4.69) is 15.1 Å². The van der Waals surface area contributed by atoms with Crippen LogP contribution in [0.3, 0.4) is 0 Å². The van der Waals surface area contributed by atoms with Crippen LogP contribution in [-0.2, 0) is 11.3 Å². The lowest BCUT2D eigenvalue weighted by molar-refractivity contribution is 0.181. The van der Waals surface area contributed by atoms with Crippen molar-refractivity contribution in [3.63, 3.8) is 0 Å². The van der Waals surface area contributed by atoms with Gasteiger partial charge < -0.3 is 9.72 Å². The summed E-state index contributed by atoms with van der Waals surface area (Å²) in [4.78, 5) is 7.68. The fraction of sp³-hybridized carbons (Fsp3) is 0.167. The van der Waals surface area contributed by atoms with Gasteiger partial charge >= 0.3 is 0 Å². The molecule has 0 amide bonds. The summed E-state index contributed by atoms with van der Waals surface area (Å²) in [5.74, 6) is 0.716. The summed E-state index contributed by atoms with van der Waals surface area (Å²) in [6, 6.07) is 9.81. The van der Waals surface area contributed by atoms with Crippen LogP contribution in [-0.4, -0.2) is 26.9 Å².